The Morgan fingerprint density at radius 1 is 1.10 bits per heavy atom. The van der Waals surface area contributed by atoms with Crippen molar-refractivity contribution in [3.63, 3.8) is 0 Å². The van der Waals surface area contributed by atoms with Crippen molar-refractivity contribution in [2.75, 3.05) is 51.2 Å². The summed E-state index contributed by atoms with van der Waals surface area (Å²) >= 11 is 1.43. The van der Waals surface area contributed by atoms with E-state index in [4.69, 9.17) is 4.74 Å². The zero-order valence-electron chi connectivity index (χ0n) is 18.1. The Labute approximate surface area is 188 Å². The van der Waals surface area contributed by atoms with Gasteiger partial charge in [-0.1, -0.05) is 30.3 Å². The minimum Gasteiger partial charge on any atom is -0.462 e. The second kappa shape index (κ2) is 10.4. The quantitative estimate of drug-likeness (QED) is 0.603. The number of anilines is 1. The van der Waals surface area contributed by atoms with E-state index < -0.39 is 0 Å². The smallest absolute Gasteiger partial charge is 0.341 e. The minimum atomic E-state index is -0.326. The van der Waals surface area contributed by atoms with Crippen molar-refractivity contribution in [2.24, 2.45) is 0 Å². The first-order valence-corrected chi connectivity index (χ1v) is 12.1. The summed E-state index contributed by atoms with van der Waals surface area (Å²) in [5.41, 5.74) is 2.96. The molecular formula is C24H31N3O3S. The lowest BCUT2D eigenvalue weighted by Gasteiger charge is -2.34. The zero-order chi connectivity index (χ0) is 21.6. The highest BCUT2D eigenvalue weighted by Gasteiger charge is 2.32. The molecule has 166 valence electrons. The summed E-state index contributed by atoms with van der Waals surface area (Å²) in [6.45, 7) is 7.24. The van der Waals surface area contributed by atoms with E-state index in [0.29, 0.717) is 29.6 Å². The molecule has 2 aliphatic rings. The summed E-state index contributed by atoms with van der Waals surface area (Å²) in [4.78, 5) is 29.8. The standard InChI is InChI=1S/C24H31N3O3S/c1-2-30-24(29)22-20(19-8-9-19)17-31-23(22)25-21(28)16-27-14-12-26(13-15-27)11-10-18-6-4-3-5-7-18/h3-7,17,19H,2,8-16H2,1H3,(H,25,28). The molecule has 0 spiro atoms. The SMILES string of the molecule is CCOC(=O)c1c(C2CC2)csc1NC(=O)CN1CCN(CCc2ccccc2)CC1. The predicted octanol–water partition coefficient (Wildman–Crippen LogP) is 3.60. The number of nitrogens with zero attached hydrogens (tertiary/aromatic N) is 2. The number of esters is 1. The van der Waals surface area contributed by atoms with Crippen LogP contribution in [0, 0.1) is 0 Å². The van der Waals surface area contributed by atoms with Gasteiger partial charge in [0, 0.05) is 32.7 Å². The molecule has 1 aromatic carbocycles. The Hall–Kier alpha value is -2.22. The van der Waals surface area contributed by atoms with Gasteiger partial charge in [0.05, 0.1) is 18.7 Å². The van der Waals surface area contributed by atoms with Gasteiger partial charge in [-0.05, 0) is 48.6 Å². The number of piperazine rings is 1. The number of thiophene rings is 1. The highest BCUT2D eigenvalue weighted by Crippen LogP contribution is 2.46. The second-order valence-electron chi connectivity index (χ2n) is 8.29. The van der Waals surface area contributed by atoms with Crippen LogP contribution in [-0.2, 0) is 16.0 Å². The fourth-order valence-corrected chi connectivity index (χ4v) is 5.09. The van der Waals surface area contributed by atoms with Crippen LogP contribution >= 0.6 is 11.3 Å². The maximum Gasteiger partial charge on any atom is 0.341 e. The highest BCUT2D eigenvalue weighted by molar-refractivity contribution is 7.15. The number of hydrogen-bond acceptors (Lipinski definition) is 6. The molecule has 0 radical (unpaired) electrons. The van der Waals surface area contributed by atoms with E-state index in [1.807, 2.05) is 11.4 Å². The lowest BCUT2D eigenvalue weighted by atomic mass is 10.1. The van der Waals surface area contributed by atoms with Crippen LogP contribution in [0.5, 0.6) is 0 Å². The Morgan fingerprint density at radius 3 is 2.48 bits per heavy atom. The maximum atomic E-state index is 12.7. The van der Waals surface area contributed by atoms with Crippen LogP contribution in [0.3, 0.4) is 0 Å². The maximum absolute atomic E-state index is 12.7. The molecule has 1 aliphatic carbocycles. The number of benzene rings is 1. The summed E-state index contributed by atoms with van der Waals surface area (Å²) in [6.07, 6.45) is 3.26. The molecule has 4 rings (SSSR count). The van der Waals surface area contributed by atoms with Crippen molar-refractivity contribution in [1.82, 2.24) is 9.80 Å². The van der Waals surface area contributed by atoms with E-state index in [0.717, 1.165) is 57.5 Å². The van der Waals surface area contributed by atoms with E-state index >= 15 is 0 Å². The average molecular weight is 442 g/mol. The van der Waals surface area contributed by atoms with E-state index in [-0.39, 0.29) is 11.9 Å². The van der Waals surface area contributed by atoms with Crippen LogP contribution in [0.2, 0.25) is 0 Å². The van der Waals surface area contributed by atoms with Crippen LogP contribution in [0.25, 0.3) is 0 Å². The van der Waals surface area contributed by atoms with Crippen molar-refractivity contribution in [3.8, 4) is 0 Å². The Bertz CT molecular complexity index is 887. The molecule has 2 heterocycles. The lowest BCUT2D eigenvalue weighted by Crippen LogP contribution is -2.49. The summed E-state index contributed by atoms with van der Waals surface area (Å²) in [5.74, 6) is 0.0470. The van der Waals surface area contributed by atoms with Gasteiger partial charge >= 0.3 is 5.97 Å². The number of carbonyl (C=O) groups excluding carboxylic acids is 2. The summed E-state index contributed by atoms with van der Waals surface area (Å²) in [5, 5.41) is 5.62. The zero-order valence-corrected chi connectivity index (χ0v) is 19.0. The summed E-state index contributed by atoms with van der Waals surface area (Å²) < 4.78 is 5.24. The molecule has 1 aliphatic heterocycles. The van der Waals surface area contributed by atoms with E-state index in [1.165, 1.54) is 16.9 Å². The van der Waals surface area contributed by atoms with Gasteiger partial charge in [-0.3, -0.25) is 9.69 Å². The third kappa shape index (κ3) is 5.93. The fraction of sp³-hybridized carbons (Fsp3) is 0.500. The van der Waals surface area contributed by atoms with Gasteiger partial charge in [0.15, 0.2) is 0 Å². The predicted molar refractivity (Wildman–Crippen MR) is 124 cm³/mol. The number of nitrogens with one attached hydrogen (secondary N) is 1. The van der Waals surface area contributed by atoms with Crippen molar-refractivity contribution in [1.29, 1.82) is 0 Å². The average Bonchev–Trinajstić information content (AvgIpc) is 3.54. The molecule has 0 atom stereocenters. The van der Waals surface area contributed by atoms with Gasteiger partial charge in [0.25, 0.3) is 0 Å². The third-order valence-corrected chi connectivity index (χ3v) is 6.87. The van der Waals surface area contributed by atoms with Crippen molar-refractivity contribution in [3.05, 3.63) is 52.4 Å². The Kier molecular flexibility index (Phi) is 7.37. The molecule has 0 bridgehead atoms. The Morgan fingerprint density at radius 2 is 1.81 bits per heavy atom. The monoisotopic (exact) mass is 441 g/mol. The van der Waals surface area contributed by atoms with Gasteiger partial charge < -0.3 is 15.0 Å². The third-order valence-electron chi connectivity index (χ3n) is 5.96. The van der Waals surface area contributed by atoms with Crippen LogP contribution in [0.1, 0.15) is 47.2 Å². The van der Waals surface area contributed by atoms with Gasteiger partial charge in [-0.15, -0.1) is 11.3 Å². The number of amides is 1. The number of ether oxygens (including phenoxy) is 1. The number of carbonyl (C=O) groups is 2. The number of hydrogen-bond donors (Lipinski definition) is 1. The Balaban J connectivity index is 1.26. The second-order valence-corrected chi connectivity index (χ2v) is 9.17. The molecular weight excluding hydrogens is 410 g/mol. The lowest BCUT2D eigenvalue weighted by molar-refractivity contribution is -0.117. The first kappa shape index (κ1) is 22.0. The molecule has 1 aromatic heterocycles. The molecule has 2 aromatic rings. The van der Waals surface area contributed by atoms with E-state index in [9.17, 15) is 9.59 Å². The van der Waals surface area contributed by atoms with Gasteiger partial charge in [0.2, 0.25) is 5.91 Å². The molecule has 1 saturated heterocycles. The molecule has 1 N–H and O–H groups in total. The molecule has 1 amide bonds. The van der Waals surface area contributed by atoms with Gasteiger partial charge in [-0.2, -0.15) is 0 Å². The fourth-order valence-electron chi connectivity index (χ4n) is 4.04. The van der Waals surface area contributed by atoms with Crippen molar-refractivity contribution < 1.29 is 14.3 Å². The first-order valence-electron chi connectivity index (χ1n) is 11.2. The normalized spacial score (nSPS) is 17.5. The highest BCUT2D eigenvalue weighted by atomic mass is 32.1. The van der Waals surface area contributed by atoms with E-state index in [1.54, 1.807) is 6.92 Å². The first-order chi connectivity index (χ1) is 15.1. The van der Waals surface area contributed by atoms with Gasteiger partial charge in [0.1, 0.15) is 5.00 Å². The van der Waals surface area contributed by atoms with E-state index in [2.05, 4.69) is 39.4 Å². The van der Waals surface area contributed by atoms with Gasteiger partial charge in [-0.25, -0.2) is 4.79 Å². The topological polar surface area (TPSA) is 61.9 Å². The molecule has 2 fully saturated rings. The van der Waals surface area contributed by atoms with Crippen molar-refractivity contribution in [2.45, 2.75) is 32.1 Å². The molecule has 0 unspecified atom stereocenters. The minimum absolute atomic E-state index is 0.0625. The van der Waals surface area contributed by atoms with Crippen LogP contribution in [0.15, 0.2) is 35.7 Å². The van der Waals surface area contributed by atoms with Crippen LogP contribution in [0.4, 0.5) is 5.00 Å². The number of rotatable bonds is 9. The molecule has 7 heteroatoms. The summed E-state index contributed by atoms with van der Waals surface area (Å²) in [6, 6.07) is 10.6. The van der Waals surface area contributed by atoms with Crippen LogP contribution in [-0.4, -0.2) is 67.6 Å². The molecule has 6 nitrogen and oxygen atoms in total. The van der Waals surface area contributed by atoms with Crippen LogP contribution < -0.4 is 5.32 Å². The summed E-state index contributed by atoms with van der Waals surface area (Å²) in [7, 11) is 0. The van der Waals surface area contributed by atoms with Crippen molar-refractivity contribution >= 4 is 28.2 Å². The largest absolute Gasteiger partial charge is 0.462 e. The molecule has 31 heavy (non-hydrogen) atoms. The molecule has 1 saturated carbocycles.